The highest BCUT2D eigenvalue weighted by atomic mass is 16.6. The Kier molecular flexibility index (Phi) is 4.99. The Morgan fingerprint density at radius 1 is 0.857 bits per heavy atom. The van der Waals surface area contributed by atoms with Crippen molar-refractivity contribution in [3.05, 3.63) is 35.9 Å². The molecule has 0 N–H and O–H groups in total. The zero-order valence-electron chi connectivity index (χ0n) is 12.9. The Bertz CT molecular complexity index is 496. The molecule has 3 rings (SSSR count). The summed E-state index contributed by atoms with van der Waals surface area (Å²) in [5, 5.41) is 0. The molecule has 2 fully saturated rings. The predicted molar refractivity (Wildman–Crippen MR) is 87.1 cm³/mol. The van der Waals surface area contributed by atoms with Crippen LogP contribution < -0.4 is 0 Å². The Labute approximate surface area is 129 Å². The lowest BCUT2D eigenvalue weighted by atomic mass is 9.93. The van der Waals surface area contributed by atoms with Crippen LogP contribution in [-0.4, -0.2) is 11.7 Å². The highest BCUT2D eigenvalue weighted by Crippen LogP contribution is 2.44. The minimum absolute atomic E-state index is 0.116. The summed E-state index contributed by atoms with van der Waals surface area (Å²) in [6, 6.07) is 10.3. The number of benzene rings is 1. The van der Waals surface area contributed by atoms with Gasteiger partial charge in [0.25, 0.3) is 0 Å². The second-order valence-electron chi connectivity index (χ2n) is 6.48. The van der Waals surface area contributed by atoms with E-state index >= 15 is 0 Å². The molecule has 0 radical (unpaired) electrons. The van der Waals surface area contributed by atoms with E-state index in [4.69, 9.17) is 4.74 Å². The van der Waals surface area contributed by atoms with Crippen molar-refractivity contribution in [3.63, 3.8) is 0 Å². The van der Waals surface area contributed by atoms with Crippen LogP contribution in [0.15, 0.2) is 30.3 Å². The van der Waals surface area contributed by atoms with Crippen molar-refractivity contribution in [1.82, 2.24) is 0 Å². The third-order valence-corrected chi connectivity index (χ3v) is 4.77. The Morgan fingerprint density at radius 3 is 2.29 bits per heavy atom. The number of hydrogen-bond donors (Lipinski definition) is 0. The van der Waals surface area contributed by atoms with Crippen molar-refractivity contribution in [3.8, 4) is 11.8 Å². The van der Waals surface area contributed by atoms with Gasteiger partial charge < -0.3 is 4.74 Å². The van der Waals surface area contributed by atoms with Gasteiger partial charge in [0, 0.05) is 5.56 Å². The Morgan fingerprint density at radius 2 is 1.52 bits per heavy atom. The number of rotatable bonds is 0. The normalized spacial score (nSPS) is 30.0. The molecule has 112 valence electrons. The molecule has 0 amide bonds. The molecular formula is C20H26O. The fourth-order valence-electron chi connectivity index (χ4n) is 3.38. The van der Waals surface area contributed by atoms with E-state index in [1.54, 1.807) is 0 Å². The van der Waals surface area contributed by atoms with Gasteiger partial charge in [-0.15, -0.1) is 0 Å². The van der Waals surface area contributed by atoms with Crippen molar-refractivity contribution in [1.29, 1.82) is 0 Å². The quantitative estimate of drug-likeness (QED) is 0.477. The standard InChI is InChI=1S/C20H26O/c1-2-4-6-11-16-20(19(21-20)14-10-5-3-1)17-15-18-12-8-7-9-13-18/h7-9,12-13,19H,1-6,10-11,14,16H2. The zero-order valence-corrected chi connectivity index (χ0v) is 12.9. The van der Waals surface area contributed by atoms with Crippen molar-refractivity contribution in [2.45, 2.75) is 75.9 Å². The summed E-state index contributed by atoms with van der Waals surface area (Å²) in [6.45, 7) is 0. The third kappa shape index (κ3) is 4.11. The number of fused-ring (bicyclic) bond motifs is 1. The van der Waals surface area contributed by atoms with Crippen LogP contribution in [0.2, 0.25) is 0 Å². The molecule has 2 atom stereocenters. The van der Waals surface area contributed by atoms with E-state index in [2.05, 4.69) is 24.0 Å². The second kappa shape index (κ2) is 7.14. The summed E-state index contributed by atoms with van der Waals surface area (Å²) in [4.78, 5) is 0. The smallest absolute Gasteiger partial charge is 0.155 e. The van der Waals surface area contributed by atoms with Crippen molar-refractivity contribution in [2.24, 2.45) is 0 Å². The SMILES string of the molecule is C(#CC12CCCCCCCCCCC1O2)c1ccccc1. The molecular weight excluding hydrogens is 256 g/mol. The highest BCUT2D eigenvalue weighted by Gasteiger charge is 2.54. The van der Waals surface area contributed by atoms with E-state index in [1.807, 2.05) is 18.2 Å². The number of hydrogen-bond acceptors (Lipinski definition) is 1. The van der Waals surface area contributed by atoms with Gasteiger partial charge in [-0.25, -0.2) is 0 Å². The molecule has 21 heavy (non-hydrogen) atoms. The van der Waals surface area contributed by atoms with Crippen LogP contribution >= 0.6 is 0 Å². The first-order valence-corrected chi connectivity index (χ1v) is 8.65. The van der Waals surface area contributed by atoms with Crippen LogP contribution in [-0.2, 0) is 4.74 Å². The van der Waals surface area contributed by atoms with E-state index < -0.39 is 0 Å². The van der Waals surface area contributed by atoms with Crippen LogP contribution in [0.1, 0.15) is 69.8 Å². The molecule has 0 bridgehead atoms. The molecule has 1 heterocycles. The molecule has 1 saturated carbocycles. The third-order valence-electron chi connectivity index (χ3n) is 4.77. The van der Waals surface area contributed by atoms with Gasteiger partial charge in [0.2, 0.25) is 0 Å². The lowest BCUT2D eigenvalue weighted by molar-refractivity contribution is 0.315. The maximum atomic E-state index is 6.07. The second-order valence-corrected chi connectivity index (χ2v) is 6.48. The predicted octanol–water partition coefficient (Wildman–Crippen LogP) is 5.09. The van der Waals surface area contributed by atoms with E-state index in [0.29, 0.717) is 6.10 Å². The molecule has 1 aliphatic heterocycles. The van der Waals surface area contributed by atoms with Crippen molar-refractivity contribution in [2.75, 3.05) is 0 Å². The first-order chi connectivity index (χ1) is 10.4. The first kappa shape index (κ1) is 14.7. The van der Waals surface area contributed by atoms with Gasteiger partial charge >= 0.3 is 0 Å². The number of epoxide rings is 1. The molecule has 1 saturated heterocycles. The van der Waals surface area contributed by atoms with Crippen LogP contribution in [0.25, 0.3) is 0 Å². The van der Waals surface area contributed by atoms with E-state index in [1.165, 1.54) is 57.8 Å². The lowest BCUT2D eigenvalue weighted by Gasteiger charge is -2.08. The Balaban J connectivity index is 1.65. The number of ether oxygens (including phenoxy) is 1. The lowest BCUT2D eigenvalue weighted by Crippen LogP contribution is -2.13. The molecule has 0 aromatic heterocycles. The van der Waals surface area contributed by atoms with Gasteiger partial charge in [0.1, 0.15) is 0 Å². The highest BCUT2D eigenvalue weighted by molar-refractivity contribution is 5.38. The summed E-state index contributed by atoms with van der Waals surface area (Å²) >= 11 is 0. The summed E-state index contributed by atoms with van der Waals surface area (Å²) in [5.41, 5.74) is 0.988. The van der Waals surface area contributed by atoms with Gasteiger partial charge in [-0.3, -0.25) is 0 Å². The maximum absolute atomic E-state index is 6.07. The minimum atomic E-state index is -0.116. The van der Waals surface area contributed by atoms with E-state index in [-0.39, 0.29) is 5.60 Å². The molecule has 1 heteroatoms. The Hall–Kier alpha value is -1.26. The average molecular weight is 282 g/mol. The molecule has 1 aromatic rings. The maximum Gasteiger partial charge on any atom is 0.155 e. The van der Waals surface area contributed by atoms with Crippen LogP contribution in [0, 0.1) is 11.8 Å². The fraction of sp³-hybridized carbons (Fsp3) is 0.600. The average Bonchev–Trinajstić information content (AvgIpc) is 3.20. The monoisotopic (exact) mass is 282 g/mol. The van der Waals surface area contributed by atoms with Crippen LogP contribution in [0.5, 0.6) is 0 Å². The summed E-state index contributed by atoms with van der Waals surface area (Å²) in [5.74, 6) is 6.80. The molecule has 1 aliphatic carbocycles. The first-order valence-electron chi connectivity index (χ1n) is 8.65. The van der Waals surface area contributed by atoms with Crippen LogP contribution in [0.3, 0.4) is 0 Å². The van der Waals surface area contributed by atoms with Crippen molar-refractivity contribution < 1.29 is 4.74 Å². The molecule has 1 nitrogen and oxygen atoms in total. The van der Waals surface area contributed by atoms with E-state index in [0.717, 1.165) is 12.0 Å². The van der Waals surface area contributed by atoms with Gasteiger partial charge in [-0.05, 0) is 31.4 Å². The molecule has 2 aliphatic rings. The van der Waals surface area contributed by atoms with Crippen molar-refractivity contribution >= 4 is 0 Å². The summed E-state index contributed by atoms with van der Waals surface area (Å²) < 4.78 is 6.07. The summed E-state index contributed by atoms with van der Waals surface area (Å²) in [6.07, 6.45) is 13.6. The van der Waals surface area contributed by atoms with Gasteiger partial charge in [-0.1, -0.05) is 75.0 Å². The van der Waals surface area contributed by atoms with Gasteiger partial charge in [0.05, 0.1) is 6.10 Å². The molecule has 0 spiro atoms. The molecule has 2 unspecified atom stereocenters. The van der Waals surface area contributed by atoms with Gasteiger partial charge in [-0.2, -0.15) is 0 Å². The molecule has 1 aromatic carbocycles. The largest absolute Gasteiger partial charge is 0.352 e. The topological polar surface area (TPSA) is 12.5 Å². The van der Waals surface area contributed by atoms with Crippen LogP contribution in [0.4, 0.5) is 0 Å². The summed E-state index contributed by atoms with van der Waals surface area (Å²) in [7, 11) is 0. The van der Waals surface area contributed by atoms with E-state index in [9.17, 15) is 0 Å². The minimum Gasteiger partial charge on any atom is -0.352 e. The fourth-order valence-corrected chi connectivity index (χ4v) is 3.38. The van der Waals surface area contributed by atoms with Gasteiger partial charge in [0.15, 0.2) is 5.60 Å². The zero-order chi connectivity index (χ0) is 14.4.